The maximum atomic E-state index is 13.0. The van der Waals surface area contributed by atoms with Gasteiger partial charge in [0.05, 0.1) is 16.8 Å². The number of carbonyl (C=O) groups is 1. The predicted octanol–water partition coefficient (Wildman–Crippen LogP) is 3.62. The van der Waals surface area contributed by atoms with Gasteiger partial charge in [-0.25, -0.2) is 9.97 Å². The molecule has 1 aliphatic rings. The van der Waals surface area contributed by atoms with Crippen LogP contribution in [0.2, 0.25) is 0 Å². The minimum Gasteiger partial charge on any atom is -0.486 e. The summed E-state index contributed by atoms with van der Waals surface area (Å²) in [6.45, 7) is 3.35. The number of thiophene rings is 1. The van der Waals surface area contributed by atoms with Crippen molar-refractivity contribution in [1.29, 1.82) is 0 Å². The van der Waals surface area contributed by atoms with Gasteiger partial charge in [0, 0.05) is 24.9 Å². The normalized spacial score (nSPS) is 14.8. The Morgan fingerprint density at radius 3 is 2.82 bits per heavy atom. The van der Waals surface area contributed by atoms with Crippen LogP contribution in [0.25, 0.3) is 10.2 Å². The molecule has 9 heteroatoms. The molecule has 4 aromatic rings. The summed E-state index contributed by atoms with van der Waals surface area (Å²) in [5, 5.41) is 7.22. The first-order valence-corrected chi connectivity index (χ1v) is 11.6. The van der Waals surface area contributed by atoms with E-state index in [0.717, 1.165) is 39.5 Å². The minimum absolute atomic E-state index is 0.155. The number of nitrogens with one attached hydrogen (secondary N) is 2. The number of hydrogen-bond acceptors (Lipinski definition) is 8. The molecule has 0 fully saturated rings. The molecule has 1 amide bonds. The lowest BCUT2D eigenvalue weighted by molar-refractivity contribution is 0.0791. The van der Waals surface area contributed by atoms with Gasteiger partial charge in [-0.2, -0.15) is 0 Å². The first-order chi connectivity index (χ1) is 16.2. The number of hydrogen-bond donors (Lipinski definition) is 2. The molecule has 1 aliphatic heterocycles. The molecule has 1 aromatic carbocycles. The fourth-order valence-corrected chi connectivity index (χ4v) is 4.79. The minimum atomic E-state index is -0.248. The van der Waals surface area contributed by atoms with Gasteiger partial charge in [0.15, 0.2) is 11.5 Å². The van der Waals surface area contributed by atoms with E-state index in [0.29, 0.717) is 30.3 Å². The highest BCUT2D eigenvalue weighted by Gasteiger charge is 2.23. The summed E-state index contributed by atoms with van der Waals surface area (Å²) in [7, 11) is 0. The van der Waals surface area contributed by atoms with Crippen LogP contribution in [0.4, 0.5) is 5.82 Å². The molecule has 33 heavy (non-hydrogen) atoms. The average Bonchev–Trinajstić information content (AvgIpc) is 3.20. The smallest absolute Gasteiger partial charge is 0.261 e. The van der Waals surface area contributed by atoms with Crippen LogP contribution in [0.3, 0.4) is 0 Å². The van der Waals surface area contributed by atoms with E-state index in [9.17, 15) is 4.79 Å². The van der Waals surface area contributed by atoms with Crippen molar-refractivity contribution >= 4 is 33.3 Å². The van der Waals surface area contributed by atoms with E-state index in [1.807, 2.05) is 49.4 Å². The van der Waals surface area contributed by atoms with Gasteiger partial charge in [-0.05, 0) is 36.8 Å². The van der Waals surface area contributed by atoms with E-state index in [4.69, 9.17) is 9.47 Å². The molecule has 0 saturated carbocycles. The van der Waals surface area contributed by atoms with Crippen LogP contribution in [-0.2, 0) is 6.42 Å². The van der Waals surface area contributed by atoms with Crippen LogP contribution in [0, 0.1) is 6.92 Å². The molecule has 5 rings (SSSR count). The quantitative estimate of drug-likeness (QED) is 0.434. The molecule has 0 aliphatic carbocycles. The van der Waals surface area contributed by atoms with Crippen molar-refractivity contribution in [2.45, 2.75) is 19.4 Å². The number of nitrogens with zero attached hydrogens (tertiary/aromatic N) is 3. The molecule has 2 N–H and O–H groups in total. The second kappa shape index (κ2) is 9.41. The number of para-hydroxylation sites is 2. The summed E-state index contributed by atoms with van der Waals surface area (Å²) in [5.41, 5.74) is 1.87. The number of rotatable bonds is 7. The second-order valence-electron chi connectivity index (χ2n) is 7.66. The molecule has 0 bridgehead atoms. The molecule has 0 spiro atoms. The first kappa shape index (κ1) is 21.1. The molecule has 0 radical (unpaired) electrons. The van der Waals surface area contributed by atoms with Crippen molar-refractivity contribution in [2.75, 3.05) is 25.0 Å². The van der Waals surface area contributed by atoms with Crippen molar-refractivity contribution < 1.29 is 14.3 Å². The number of amides is 1. The zero-order valence-corrected chi connectivity index (χ0v) is 18.9. The van der Waals surface area contributed by atoms with E-state index in [2.05, 4.69) is 25.6 Å². The number of aromatic nitrogens is 3. The lowest BCUT2D eigenvalue weighted by Crippen LogP contribution is -2.40. The van der Waals surface area contributed by atoms with Gasteiger partial charge < -0.3 is 20.1 Å². The zero-order valence-electron chi connectivity index (χ0n) is 18.1. The third-order valence-electron chi connectivity index (χ3n) is 5.39. The number of ether oxygens (including phenoxy) is 2. The number of carbonyl (C=O) groups excluding carboxylic acids is 1. The predicted molar refractivity (Wildman–Crippen MR) is 127 cm³/mol. The Morgan fingerprint density at radius 1 is 1.12 bits per heavy atom. The van der Waals surface area contributed by atoms with Gasteiger partial charge in [-0.3, -0.25) is 9.78 Å². The highest BCUT2D eigenvalue weighted by Crippen LogP contribution is 2.33. The van der Waals surface area contributed by atoms with E-state index in [-0.39, 0.29) is 12.0 Å². The Hall–Kier alpha value is -3.72. The van der Waals surface area contributed by atoms with Gasteiger partial charge in [0.2, 0.25) is 0 Å². The Balaban J connectivity index is 1.25. The van der Waals surface area contributed by atoms with Gasteiger partial charge >= 0.3 is 0 Å². The van der Waals surface area contributed by atoms with E-state index >= 15 is 0 Å². The lowest BCUT2D eigenvalue weighted by atomic mass is 10.2. The van der Waals surface area contributed by atoms with Crippen LogP contribution >= 0.6 is 11.3 Å². The van der Waals surface area contributed by atoms with Crippen molar-refractivity contribution in [2.24, 2.45) is 0 Å². The largest absolute Gasteiger partial charge is 0.486 e. The topological polar surface area (TPSA) is 98.3 Å². The first-order valence-electron chi connectivity index (χ1n) is 10.7. The maximum absolute atomic E-state index is 13.0. The van der Waals surface area contributed by atoms with Crippen LogP contribution in [-0.4, -0.2) is 46.7 Å². The molecule has 8 nitrogen and oxygen atoms in total. The Labute approximate surface area is 195 Å². The summed E-state index contributed by atoms with van der Waals surface area (Å²) in [5.74, 6) is 1.99. The number of pyridine rings is 1. The summed E-state index contributed by atoms with van der Waals surface area (Å²) in [6, 6.07) is 13.4. The van der Waals surface area contributed by atoms with Crippen LogP contribution < -0.4 is 20.1 Å². The molecule has 4 heterocycles. The number of benzene rings is 1. The molecule has 0 saturated heterocycles. The monoisotopic (exact) mass is 461 g/mol. The van der Waals surface area contributed by atoms with Crippen molar-refractivity contribution in [3.05, 3.63) is 71.1 Å². The van der Waals surface area contributed by atoms with E-state index < -0.39 is 0 Å². The SMILES string of the molecule is Cc1c(C(=O)NCC2COc3ccccc3O2)sc2ncnc(NCCc3ccccn3)c12. The highest BCUT2D eigenvalue weighted by molar-refractivity contribution is 7.20. The van der Waals surface area contributed by atoms with Crippen molar-refractivity contribution in [3.63, 3.8) is 0 Å². The molecule has 168 valence electrons. The van der Waals surface area contributed by atoms with Gasteiger partial charge in [0.25, 0.3) is 5.91 Å². The molecule has 1 atom stereocenters. The Bertz CT molecular complexity index is 1280. The van der Waals surface area contributed by atoms with Gasteiger partial charge in [-0.1, -0.05) is 18.2 Å². The summed E-state index contributed by atoms with van der Waals surface area (Å²) < 4.78 is 11.7. The third-order valence-corrected chi connectivity index (χ3v) is 6.59. The third kappa shape index (κ3) is 4.58. The lowest BCUT2D eigenvalue weighted by Gasteiger charge is -2.26. The standard InChI is InChI=1S/C24H23N5O3S/c1-15-20-22(26-11-9-16-6-4-5-10-25-16)28-14-29-24(20)33-21(15)23(30)27-12-17-13-31-18-7-2-3-8-19(18)32-17/h2-8,10,14,17H,9,11-13H2,1H3,(H,27,30)(H,26,28,29). The Morgan fingerprint density at radius 2 is 1.97 bits per heavy atom. The number of aryl methyl sites for hydroxylation is 1. The fraction of sp³-hybridized carbons (Fsp3) is 0.250. The number of fused-ring (bicyclic) bond motifs is 2. The summed E-state index contributed by atoms with van der Waals surface area (Å²) >= 11 is 1.36. The number of anilines is 1. The van der Waals surface area contributed by atoms with E-state index in [1.54, 1.807) is 6.20 Å². The van der Waals surface area contributed by atoms with Gasteiger partial charge in [-0.15, -0.1) is 11.3 Å². The van der Waals surface area contributed by atoms with E-state index in [1.165, 1.54) is 17.7 Å². The molecule has 3 aromatic heterocycles. The van der Waals surface area contributed by atoms with Crippen molar-refractivity contribution in [1.82, 2.24) is 20.3 Å². The van der Waals surface area contributed by atoms with Crippen LogP contribution in [0.1, 0.15) is 20.9 Å². The maximum Gasteiger partial charge on any atom is 0.261 e. The summed E-state index contributed by atoms with van der Waals surface area (Å²) in [6.07, 6.45) is 3.83. The highest BCUT2D eigenvalue weighted by atomic mass is 32.1. The fourth-order valence-electron chi connectivity index (χ4n) is 3.73. The Kier molecular flexibility index (Phi) is 6.03. The molecular formula is C24H23N5O3S. The second-order valence-corrected chi connectivity index (χ2v) is 8.66. The zero-order chi connectivity index (χ0) is 22.6. The van der Waals surface area contributed by atoms with Crippen LogP contribution in [0.15, 0.2) is 55.0 Å². The molecule has 1 unspecified atom stereocenters. The summed E-state index contributed by atoms with van der Waals surface area (Å²) in [4.78, 5) is 27.5. The van der Waals surface area contributed by atoms with Crippen LogP contribution in [0.5, 0.6) is 11.5 Å². The van der Waals surface area contributed by atoms with Gasteiger partial charge in [0.1, 0.15) is 29.7 Å². The molecular weight excluding hydrogens is 438 g/mol. The van der Waals surface area contributed by atoms with Crippen molar-refractivity contribution in [3.8, 4) is 11.5 Å². The average molecular weight is 462 g/mol.